The van der Waals surface area contributed by atoms with Gasteiger partial charge >= 0.3 is 0 Å². The fourth-order valence-electron chi connectivity index (χ4n) is 1.21. The Kier molecular flexibility index (Phi) is 4.00. The molecule has 18 heavy (non-hydrogen) atoms. The van der Waals surface area contributed by atoms with E-state index in [4.69, 9.17) is 11.6 Å². The molecule has 0 atom stereocenters. The van der Waals surface area contributed by atoms with Gasteiger partial charge in [0.2, 0.25) is 10.0 Å². The number of hydrogen-bond acceptors (Lipinski definition) is 4. The van der Waals surface area contributed by atoms with E-state index in [2.05, 4.69) is 35.8 Å². The van der Waals surface area contributed by atoms with Crippen LogP contribution in [-0.2, 0) is 16.6 Å². The molecular formula is C9H8BrClN4O2S. The number of nitrogens with one attached hydrogen (secondary N) is 2. The summed E-state index contributed by atoms with van der Waals surface area (Å²) < 4.78 is 26.8. The third-order valence-corrected chi connectivity index (χ3v) is 4.71. The Hall–Kier alpha value is -0.960. The van der Waals surface area contributed by atoms with Gasteiger partial charge in [-0.25, -0.2) is 18.1 Å². The van der Waals surface area contributed by atoms with Gasteiger partial charge in [-0.3, -0.25) is 5.10 Å². The first kappa shape index (κ1) is 13.5. The average Bonchev–Trinajstić information content (AvgIpc) is 2.83. The molecule has 1 heterocycles. The maximum Gasteiger partial charge on any atom is 0.241 e. The lowest BCUT2D eigenvalue weighted by molar-refractivity contribution is 0.579. The summed E-state index contributed by atoms with van der Waals surface area (Å²) in [4.78, 5) is 3.94. The van der Waals surface area contributed by atoms with Gasteiger partial charge in [0, 0.05) is 4.47 Å². The summed E-state index contributed by atoms with van der Waals surface area (Å²) in [6.07, 6.45) is 1.31. The number of halogens is 2. The lowest BCUT2D eigenvalue weighted by Gasteiger charge is -2.06. The van der Waals surface area contributed by atoms with Gasteiger partial charge in [0.25, 0.3) is 0 Å². The predicted molar refractivity (Wildman–Crippen MR) is 69.6 cm³/mol. The number of hydrogen-bond donors (Lipinski definition) is 2. The summed E-state index contributed by atoms with van der Waals surface area (Å²) in [6, 6.07) is 4.37. The summed E-state index contributed by atoms with van der Waals surface area (Å²) in [5.74, 6) is 0.437. The van der Waals surface area contributed by atoms with Gasteiger partial charge in [0.05, 0.1) is 16.5 Å². The normalized spacial score (nSPS) is 11.7. The molecule has 0 unspecified atom stereocenters. The molecule has 0 aliphatic heterocycles. The summed E-state index contributed by atoms with van der Waals surface area (Å²) in [6.45, 7) is 0.0442. The molecule has 2 N–H and O–H groups in total. The highest BCUT2D eigenvalue weighted by atomic mass is 79.9. The maximum absolute atomic E-state index is 12.0. The SMILES string of the molecule is O=S(=O)(NCc1ncn[nH]1)c1ccc(Cl)c(Br)c1. The van der Waals surface area contributed by atoms with Crippen molar-refractivity contribution in [3.05, 3.63) is 39.8 Å². The van der Waals surface area contributed by atoms with E-state index < -0.39 is 10.0 Å². The van der Waals surface area contributed by atoms with Crippen LogP contribution in [-0.4, -0.2) is 23.6 Å². The second-order valence-corrected chi connectivity index (χ2v) is 6.36. The van der Waals surface area contributed by atoms with E-state index >= 15 is 0 Å². The third-order valence-electron chi connectivity index (χ3n) is 2.10. The lowest BCUT2D eigenvalue weighted by Crippen LogP contribution is -2.23. The van der Waals surface area contributed by atoms with E-state index in [1.807, 2.05) is 0 Å². The highest BCUT2D eigenvalue weighted by Crippen LogP contribution is 2.25. The number of aromatic nitrogens is 3. The van der Waals surface area contributed by atoms with Gasteiger partial charge in [-0.2, -0.15) is 5.10 Å². The summed E-state index contributed by atoms with van der Waals surface area (Å²) >= 11 is 8.98. The maximum atomic E-state index is 12.0. The van der Waals surface area contributed by atoms with E-state index in [-0.39, 0.29) is 11.4 Å². The van der Waals surface area contributed by atoms with Gasteiger partial charge in [0.15, 0.2) is 0 Å². The Morgan fingerprint density at radius 1 is 1.44 bits per heavy atom. The van der Waals surface area contributed by atoms with Crippen LogP contribution < -0.4 is 4.72 Å². The smallest absolute Gasteiger partial charge is 0.241 e. The molecule has 0 saturated heterocycles. The topological polar surface area (TPSA) is 87.7 Å². The molecule has 96 valence electrons. The number of nitrogens with zero attached hydrogens (tertiary/aromatic N) is 2. The van der Waals surface area contributed by atoms with Gasteiger partial charge in [-0.15, -0.1) is 0 Å². The molecule has 6 nitrogen and oxygen atoms in total. The summed E-state index contributed by atoms with van der Waals surface area (Å²) in [5, 5.41) is 6.64. The van der Waals surface area contributed by atoms with Crippen molar-refractivity contribution < 1.29 is 8.42 Å². The molecule has 0 spiro atoms. The zero-order valence-corrected chi connectivity index (χ0v) is 12.1. The number of benzene rings is 1. The molecule has 9 heteroatoms. The highest BCUT2D eigenvalue weighted by Gasteiger charge is 2.15. The van der Waals surface area contributed by atoms with Gasteiger partial charge in [0.1, 0.15) is 12.2 Å². The standard InChI is InChI=1S/C9H8BrClN4O2S/c10-7-3-6(1-2-8(7)11)18(16,17)14-4-9-12-5-13-15-9/h1-3,5,14H,4H2,(H,12,13,15). The number of rotatable bonds is 4. The Balaban J connectivity index is 2.17. The molecule has 0 saturated carbocycles. The first-order valence-electron chi connectivity index (χ1n) is 4.78. The second-order valence-electron chi connectivity index (χ2n) is 3.33. The monoisotopic (exact) mass is 350 g/mol. The number of sulfonamides is 1. The quantitative estimate of drug-likeness (QED) is 0.877. The Bertz CT molecular complexity index is 645. The average molecular weight is 352 g/mol. The Morgan fingerprint density at radius 2 is 2.22 bits per heavy atom. The predicted octanol–water partition coefficient (Wildman–Crippen LogP) is 1.70. The van der Waals surface area contributed by atoms with Gasteiger partial charge in [-0.1, -0.05) is 11.6 Å². The molecule has 0 bridgehead atoms. The van der Waals surface area contributed by atoms with Crippen LogP contribution in [0.15, 0.2) is 33.9 Å². The minimum Gasteiger partial charge on any atom is -0.262 e. The van der Waals surface area contributed by atoms with E-state index in [0.29, 0.717) is 15.3 Å². The molecule has 0 amide bonds. The zero-order valence-electron chi connectivity index (χ0n) is 8.89. The van der Waals surface area contributed by atoms with Crippen molar-refractivity contribution in [2.45, 2.75) is 11.4 Å². The molecule has 2 aromatic rings. The minimum absolute atomic E-state index is 0.0442. The minimum atomic E-state index is -3.60. The fourth-order valence-corrected chi connectivity index (χ4v) is 2.87. The van der Waals surface area contributed by atoms with Crippen molar-refractivity contribution in [1.82, 2.24) is 19.9 Å². The van der Waals surface area contributed by atoms with Crippen LogP contribution in [0, 0.1) is 0 Å². The van der Waals surface area contributed by atoms with E-state index in [1.165, 1.54) is 24.5 Å². The second kappa shape index (κ2) is 5.35. The Morgan fingerprint density at radius 3 is 2.83 bits per heavy atom. The first-order valence-corrected chi connectivity index (χ1v) is 7.43. The van der Waals surface area contributed by atoms with Crippen molar-refractivity contribution in [2.75, 3.05) is 0 Å². The largest absolute Gasteiger partial charge is 0.262 e. The highest BCUT2D eigenvalue weighted by molar-refractivity contribution is 9.10. The Labute approximate surface area is 117 Å². The lowest BCUT2D eigenvalue weighted by atomic mass is 10.4. The van der Waals surface area contributed by atoms with Crippen LogP contribution in [0.2, 0.25) is 5.02 Å². The van der Waals surface area contributed by atoms with E-state index in [0.717, 1.165) is 0 Å². The van der Waals surface area contributed by atoms with Crippen LogP contribution >= 0.6 is 27.5 Å². The number of aromatic amines is 1. The third kappa shape index (κ3) is 3.08. The van der Waals surface area contributed by atoms with E-state index in [1.54, 1.807) is 0 Å². The summed E-state index contributed by atoms with van der Waals surface area (Å²) in [5.41, 5.74) is 0. The molecule has 0 radical (unpaired) electrons. The molecule has 0 aliphatic carbocycles. The van der Waals surface area contributed by atoms with Crippen molar-refractivity contribution in [3.63, 3.8) is 0 Å². The van der Waals surface area contributed by atoms with Crippen molar-refractivity contribution >= 4 is 37.6 Å². The van der Waals surface area contributed by atoms with E-state index in [9.17, 15) is 8.42 Å². The molecule has 2 rings (SSSR count). The molecule has 0 aliphatic rings. The fraction of sp³-hybridized carbons (Fsp3) is 0.111. The van der Waals surface area contributed by atoms with Crippen molar-refractivity contribution in [1.29, 1.82) is 0 Å². The summed E-state index contributed by atoms with van der Waals surface area (Å²) in [7, 11) is -3.60. The molecular weight excluding hydrogens is 344 g/mol. The van der Waals surface area contributed by atoms with Gasteiger partial charge < -0.3 is 0 Å². The molecule has 0 fully saturated rings. The number of H-pyrrole nitrogens is 1. The van der Waals surface area contributed by atoms with Gasteiger partial charge in [-0.05, 0) is 34.1 Å². The molecule has 1 aromatic carbocycles. The van der Waals surface area contributed by atoms with Crippen LogP contribution in [0.25, 0.3) is 0 Å². The van der Waals surface area contributed by atoms with Crippen LogP contribution in [0.1, 0.15) is 5.82 Å². The zero-order chi connectivity index (χ0) is 13.2. The van der Waals surface area contributed by atoms with Crippen LogP contribution in [0.3, 0.4) is 0 Å². The first-order chi connectivity index (χ1) is 8.49. The van der Waals surface area contributed by atoms with Crippen LogP contribution in [0.5, 0.6) is 0 Å². The van der Waals surface area contributed by atoms with Crippen molar-refractivity contribution in [3.8, 4) is 0 Å². The molecule has 1 aromatic heterocycles. The van der Waals surface area contributed by atoms with Crippen molar-refractivity contribution in [2.24, 2.45) is 0 Å². The van der Waals surface area contributed by atoms with Crippen LogP contribution in [0.4, 0.5) is 0 Å².